The van der Waals surface area contributed by atoms with Crippen LogP contribution in [0.15, 0.2) is 12.3 Å². The summed E-state index contributed by atoms with van der Waals surface area (Å²) in [5.74, 6) is 2.82. The van der Waals surface area contributed by atoms with Crippen molar-refractivity contribution in [3.8, 4) is 0 Å². The second-order valence-electron chi connectivity index (χ2n) is 5.87. The molecule has 2 atom stereocenters. The van der Waals surface area contributed by atoms with Crippen molar-refractivity contribution in [1.82, 2.24) is 0 Å². The molecule has 0 heterocycles. The highest BCUT2D eigenvalue weighted by Gasteiger charge is 2.56. The molecular formula is C13H20O2. The first-order chi connectivity index (χ1) is 7.14. The van der Waals surface area contributed by atoms with Crippen LogP contribution in [0, 0.1) is 23.2 Å². The topological polar surface area (TPSA) is 29.5 Å². The highest BCUT2D eigenvalue weighted by atomic mass is 16.5. The molecule has 0 aromatic rings. The summed E-state index contributed by atoms with van der Waals surface area (Å²) in [5, 5.41) is 10.1. The first kappa shape index (κ1) is 9.71. The van der Waals surface area contributed by atoms with Gasteiger partial charge in [0.05, 0.1) is 19.0 Å². The number of hydrogen-bond donors (Lipinski definition) is 1. The fourth-order valence-electron chi connectivity index (χ4n) is 4.56. The first-order valence-corrected chi connectivity index (χ1v) is 6.06. The normalized spacial score (nSPS) is 51.9. The maximum Gasteiger partial charge on any atom is 0.0945 e. The Morgan fingerprint density at radius 1 is 1.27 bits per heavy atom. The van der Waals surface area contributed by atoms with Crippen LogP contribution in [0.3, 0.4) is 0 Å². The quantitative estimate of drug-likeness (QED) is 0.706. The number of hydrogen-bond acceptors (Lipinski definition) is 2. The minimum atomic E-state index is -0.0423. The van der Waals surface area contributed by atoms with E-state index in [0.717, 1.165) is 24.5 Å². The maximum absolute atomic E-state index is 10.1. The van der Waals surface area contributed by atoms with Crippen molar-refractivity contribution in [2.45, 2.75) is 38.2 Å². The Kier molecular flexibility index (Phi) is 1.94. The van der Waals surface area contributed by atoms with E-state index in [2.05, 4.69) is 6.58 Å². The molecule has 4 aliphatic rings. The fourth-order valence-corrected chi connectivity index (χ4v) is 4.56. The van der Waals surface area contributed by atoms with Gasteiger partial charge in [-0.3, -0.25) is 0 Å². The van der Waals surface area contributed by atoms with Crippen molar-refractivity contribution in [2.75, 3.05) is 7.11 Å². The van der Waals surface area contributed by atoms with Crippen molar-refractivity contribution >= 4 is 0 Å². The zero-order valence-corrected chi connectivity index (χ0v) is 9.41. The van der Waals surface area contributed by atoms with Gasteiger partial charge in [-0.2, -0.15) is 0 Å². The SMILES string of the molecule is C=C(OC)C12CC3CC(C1)C(O)C(C3)C2. The summed E-state index contributed by atoms with van der Waals surface area (Å²) >= 11 is 0. The second kappa shape index (κ2) is 3.00. The van der Waals surface area contributed by atoms with Gasteiger partial charge in [0.2, 0.25) is 0 Å². The average molecular weight is 208 g/mol. The number of methoxy groups -OCH3 is 1. The molecule has 4 bridgehead atoms. The molecule has 4 fully saturated rings. The van der Waals surface area contributed by atoms with Crippen LogP contribution in [0.4, 0.5) is 0 Å². The third-order valence-corrected chi connectivity index (χ3v) is 5.06. The zero-order chi connectivity index (χ0) is 10.6. The van der Waals surface area contributed by atoms with Crippen LogP contribution < -0.4 is 0 Å². The summed E-state index contributed by atoms with van der Waals surface area (Å²) in [5.41, 5.74) is 0.213. The van der Waals surface area contributed by atoms with Gasteiger partial charge in [0.1, 0.15) is 0 Å². The van der Waals surface area contributed by atoms with Gasteiger partial charge < -0.3 is 9.84 Å². The molecule has 4 saturated carbocycles. The average Bonchev–Trinajstić information content (AvgIpc) is 2.23. The van der Waals surface area contributed by atoms with E-state index >= 15 is 0 Å². The molecule has 2 nitrogen and oxygen atoms in total. The first-order valence-electron chi connectivity index (χ1n) is 6.06. The minimum Gasteiger partial charge on any atom is -0.501 e. The molecule has 0 aliphatic heterocycles. The molecule has 84 valence electrons. The van der Waals surface area contributed by atoms with Crippen molar-refractivity contribution in [2.24, 2.45) is 23.2 Å². The molecule has 0 radical (unpaired) electrons. The zero-order valence-electron chi connectivity index (χ0n) is 9.41. The van der Waals surface area contributed by atoms with Crippen LogP contribution >= 0.6 is 0 Å². The van der Waals surface area contributed by atoms with Gasteiger partial charge in [-0.1, -0.05) is 6.58 Å². The lowest BCUT2D eigenvalue weighted by Gasteiger charge is -2.58. The van der Waals surface area contributed by atoms with Gasteiger partial charge in [0.25, 0.3) is 0 Å². The summed E-state index contributed by atoms with van der Waals surface area (Å²) < 4.78 is 5.39. The van der Waals surface area contributed by atoms with Gasteiger partial charge in [0.15, 0.2) is 0 Å². The Balaban J connectivity index is 1.92. The Hall–Kier alpha value is -0.500. The smallest absolute Gasteiger partial charge is 0.0945 e. The van der Waals surface area contributed by atoms with Crippen molar-refractivity contribution < 1.29 is 9.84 Å². The molecule has 0 aromatic carbocycles. The van der Waals surface area contributed by atoms with Crippen LogP contribution in [0.25, 0.3) is 0 Å². The van der Waals surface area contributed by atoms with E-state index in [4.69, 9.17) is 4.74 Å². The third-order valence-electron chi connectivity index (χ3n) is 5.06. The molecule has 4 rings (SSSR count). The van der Waals surface area contributed by atoms with Gasteiger partial charge in [-0.05, 0) is 49.9 Å². The third kappa shape index (κ3) is 1.20. The standard InChI is InChI=1S/C13H20O2/c1-8(15-2)13-5-9-3-10(6-13)12(14)11(4-9)7-13/h9-12,14H,1,3-7H2,2H3. The predicted molar refractivity (Wildman–Crippen MR) is 58.1 cm³/mol. The summed E-state index contributed by atoms with van der Waals surface area (Å²) in [7, 11) is 1.73. The highest BCUT2D eigenvalue weighted by Crippen LogP contribution is 2.62. The van der Waals surface area contributed by atoms with Gasteiger partial charge in [0, 0.05) is 5.41 Å². The van der Waals surface area contributed by atoms with Crippen LogP contribution in [0.2, 0.25) is 0 Å². The Labute approximate surface area is 91.3 Å². The molecule has 0 aromatic heterocycles. The number of aliphatic hydroxyl groups excluding tert-OH is 1. The lowest BCUT2D eigenvalue weighted by atomic mass is 9.48. The summed E-state index contributed by atoms with van der Waals surface area (Å²) in [6.07, 6.45) is 5.88. The Morgan fingerprint density at radius 3 is 2.40 bits per heavy atom. The van der Waals surface area contributed by atoms with E-state index in [1.165, 1.54) is 19.3 Å². The van der Waals surface area contributed by atoms with Crippen LogP contribution in [-0.2, 0) is 4.74 Å². The van der Waals surface area contributed by atoms with Crippen LogP contribution in [-0.4, -0.2) is 18.3 Å². The molecule has 0 amide bonds. The highest BCUT2D eigenvalue weighted by molar-refractivity contribution is 5.15. The van der Waals surface area contributed by atoms with Crippen molar-refractivity contribution in [1.29, 1.82) is 0 Å². The van der Waals surface area contributed by atoms with E-state index in [-0.39, 0.29) is 11.5 Å². The molecule has 2 heteroatoms. The monoisotopic (exact) mass is 208 g/mol. The van der Waals surface area contributed by atoms with Crippen molar-refractivity contribution in [3.05, 3.63) is 12.3 Å². The lowest BCUT2D eigenvalue weighted by molar-refractivity contribution is -0.132. The van der Waals surface area contributed by atoms with Gasteiger partial charge in [-0.15, -0.1) is 0 Å². The molecule has 0 spiro atoms. The fraction of sp³-hybridized carbons (Fsp3) is 0.846. The summed E-state index contributed by atoms with van der Waals surface area (Å²) in [6.45, 7) is 4.08. The molecule has 15 heavy (non-hydrogen) atoms. The summed E-state index contributed by atoms with van der Waals surface area (Å²) in [4.78, 5) is 0. The van der Waals surface area contributed by atoms with E-state index in [0.29, 0.717) is 11.8 Å². The minimum absolute atomic E-state index is 0.0423. The Bertz CT molecular complexity index is 281. The lowest BCUT2D eigenvalue weighted by Crippen LogP contribution is -2.54. The number of rotatable bonds is 2. The van der Waals surface area contributed by atoms with E-state index in [1.807, 2.05) is 0 Å². The van der Waals surface area contributed by atoms with Gasteiger partial charge in [-0.25, -0.2) is 0 Å². The maximum atomic E-state index is 10.1. The second-order valence-corrected chi connectivity index (χ2v) is 5.87. The van der Waals surface area contributed by atoms with E-state index in [1.54, 1.807) is 7.11 Å². The summed E-state index contributed by atoms with van der Waals surface area (Å²) in [6, 6.07) is 0. The number of allylic oxidation sites excluding steroid dienone is 1. The van der Waals surface area contributed by atoms with Crippen molar-refractivity contribution in [3.63, 3.8) is 0 Å². The molecule has 1 N–H and O–H groups in total. The predicted octanol–water partition coefficient (Wildman–Crippen LogP) is 2.33. The van der Waals surface area contributed by atoms with E-state index in [9.17, 15) is 5.11 Å². The number of aliphatic hydroxyl groups is 1. The molecule has 2 unspecified atom stereocenters. The van der Waals surface area contributed by atoms with Crippen LogP contribution in [0.1, 0.15) is 32.1 Å². The number of ether oxygens (including phenoxy) is 1. The molecule has 4 aliphatic carbocycles. The van der Waals surface area contributed by atoms with E-state index < -0.39 is 0 Å². The molecule has 0 saturated heterocycles. The van der Waals surface area contributed by atoms with Crippen LogP contribution in [0.5, 0.6) is 0 Å². The van der Waals surface area contributed by atoms with Gasteiger partial charge >= 0.3 is 0 Å². The Morgan fingerprint density at radius 2 is 1.87 bits per heavy atom. The largest absolute Gasteiger partial charge is 0.501 e. The molecular weight excluding hydrogens is 188 g/mol.